The summed E-state index contributed by atoms with van der Waals surface area (Å²) in [5.41, 5.74) is 5.79. The lowest BCUT2D eigenvalue weighted by Gasteiger charge is -2.30. The zero-order chi connectivity index (χ0) is 14.1. The quantitative estimate of drug-likeness (QED) is 0.871. The van der Waals surface area contributed by atoms with Crippen molar-refractivity contribution in [2.75, 3.05) is 7.11 Å². The first-order valence-electron chi connectivity index (χ1n) is 5.52. The lowest BCUT2D eigenvalue weighted by atomic mass is 9.80. The van der Waals surface area contributed by atoms with E-state index in [1.165, 1.54) is 13.2 Å². The molecule has 0 aromatic heterocycles. The van der Waals surface area contributed by atoms with Crippen LogP contribution in [0.4, 0.5) is 4.39 Å². The summed E-state index contributed by atoms with van der Waals surface area (Å²) in [6.07, 6.45) is 0. The SMILES string of the molecule is COC(=O)C(C)(C)[C@@H](N)c1c(F)ccc(C)c1Cl.Cl. The molecule has 0 aliphatic rings. The third kappa shape index (κ3) is 3.38. The van der Waals surface area contributed by atoms with Crippen LogP contribution >= 0.6 is 24.0 Å². The molecule has 2 N–H and O–H groups in total. The van der Waals surface area contributed by atoms with Crippen molar-refractivity contribution in [1.82, 2.24) is 0 Å². The number of esters is 1. The summed E-state index contributed by atoms with van der Waals surface area (Å²) in [5, 5.41) is 0.250. The summed E-state index contributed by atoms with van der Waals surface area (Å²) < 4.78 is 18.5. The van der Waals surface area contributed by atoms with E-state index in [9.17, 15) is 9.18 Å². The van der Waals surface area contributed by atoms with Gasteiger partial charge < -0.3 is 10.5 Å². The summed E-state index contributed by atoms with van der Waals surface area (Å²) in [7, 11) is 1.27. The predicted molar refractivity (Wildman–Crippen MR) is 76.1 cm³/mol. The number of ether oxygens (including phenoxy) is 1. The molecule has 0 radical (unpaired) electrons. The monoisotopic (exact) mass is 309 g/mol. The first kappa shape index (κ1) is 18.2. The standard InChI is InChI=1S/C13H17ClFNO2.ClH/c1-7-5-6-8(15)9(10(7)14)11(16)13(2,3)12(17)18-4;/h5-6,11H,16H2,1-4H3;1H/t11-;/m0./s1. The van der Waals surface area contributed by atoms with Gasteiger partial charge in [-0.25, -0.2) is 4.39 Å². The van der Waals surface area contributed by atoms with Gasteiger partial charge in [0.05, 0.1) is 17.5 Å². The van der Waals surface area contributed by atoms with E-state index < -0.39 is 23.2 Å². The lowest BCUT2D eigenvalue weighted by Crippen LogP contribution is -2.38. The average molecular weight is 310 g/mol. The van der Waals surface area contributed by atoms with Crippen LogP contribution in [-0.2, 0) is 9.53 Å². The molecular formula is C13H18Cl2FNO2. The molecule has 0 spiro atoms. The van der Waals surface area contributed by atoms with Gasteiger partial charge in [0, 0.05) is 11.6 Å². The summed E-state index contributed by atoms with van der Waals surface area (Å²) in [6.45, 7) is 4.95. The number of halogens is 3. The van der Waals surface area contributed by atoms with Crippen molar-refractivity contribution in [2.24, 2.45) is 11.1 Å². The van der Waals surface area contributed by atoms with E-state index in [1.54, 1.807) is 26.8 Å². The van der Waals surface area contributed by atoms with Crippen molar-refractivity contribution >= 4 is 30.0 Å². The highest BCUT2D eigenvalue weighted by Gasteiger charge is 2.39. The number of methoxy groups -OCH3 is 1. The van der Waals surface area contributed by atoms with Crippen LogP contribution in [0, 0.1) is 18.2 Å². The number of benzene rings is 1. The van der Waals surface area contributed by atoms with E-state index >= 15 is 0 Å². The van der Waals surface area contributed by atoms with Gasteiger partial charge in [-0.1, -0.05) is 17.7 Å². The van der Waals surface area contributed by atoms with Gasteiger partial charge in [-0.2, -0.15) is 0 Å². The second-order valence-electron chi connectivity index (χ2n) is 4.78. The molecule has 0 saturated carbocycles. The Bertz CT molecular complexity index is 478. The van der Waals surface area contributed by atoms with E-state index in [1.807, 2.05) is 0 Å². The maximum absolute atomic E-state index is 13.9. The Morgan fingerprint density at radius 3 is 2.47 bits per heavy atom. The summed E-state index contributed by atoms with van der Waals surface area (Å²) in [5.74, 6) is -1.03. The number of rotatable bonds is 3. The Balaban J connectivity index is 0.00000324. The smallest absolute Gasteiger partial charge is 0.313 e. The first-order chi connectivity index (χ1) is 8.23. The highest BCUT2D eigenvalue weighted by molar-refractivity contribution is 6.32. The average Bonchev–Trinajstić information content (AvgIpc) is 2.33. The van der Waals surface area contributed by atoms with E-state index in [2.05, 4.69) is 4.74 Å². The molecule has 0 heterocycles. The molecule has 1 rings (SSSR count). The Hall–Kier alpha value is -0.840. The van der Waals surface area contributed by atoms with Gasteiger partial charge in [0.25, 0.3) is 0 Å². The molecule has 0 aliphatic heterocycles. The third-order valence-electron chi connectivity index (χ3n) is 3.12. The fourth-order valence-electron chi connectivity index (χ4n) is 1.71. The van der Waals surface area contributed by atoms with Crippen molar-refractivity contribution in [3.63, 3.8) is 0 Å². The molecule has 0 unspecified atom stereocenters. The summed E-state index contributed by atoms with van der Waals surface area (Å²) >= 11 is 6.08. The van der Waals surface area contributed by atoms with Gasteiger partial charge in [-0.15, -0.1) is 12.4 Å². The molecule has 0 aliphatic carbocycles. The molecule has 0 saturated heterocycles. The minimum Gasteiger partial charge on any atom is -0.469 e. The molecule has 3 nitrogen and oxygen atoms in total. The zero-order valence-corrected chi connectivity index (χ0v) is 12.9. The molecule has 0 amide bonds. The van der Waals surface area contributed by atoms with Crippen LogP contribution in [0.5, 0.6) is 0 Å². The van der Waals surface area contributed by atoms with Crippen LogP contribution in [0.15, 0.2) is 12.1 Å². The molecule has 1 aromatic carbocycles. The normalized spacial score (nSPS) is 12.6. The number of hydrogen-bond acceptors (Lipinski definition) is 3. The van der Waals surface area contributed by atoms with E-state index in [0.717, 1.165) is 0 Å². The van der Waals surface area contributed by atoms with Crippen LogP contribution in [0.3, 0.4) is 0 Å². The van der Waals surface area contributed by atoms with Gasteiger partial charge in [0.2, 0.25) is 0 Å². The second kappa shape index (κ2) is 6.55. The molecule has 6 heteroatoms. The number of hydrogen-bond donors (Lipinski definition) is 1. The Kier molecular flexibility index (Phi) is 6.26. The highest BCUT2D eigenvalue weighted by atomic mass is 35.5. The van der Waals surface area contributed by atoms with Gasteiger partial charge >= 0.3 is 5.97 Å². The second-order valence-corrected chi connectivity index (χ2v) is 5.16. The van der Waals surface area contributed by atoms with Crippen LogP contribution in [0.1, 0.15) is 31.0 Å². The fraction of sp³-hybridized carbons (Fsp3) is 0.462. The number of carbonyl (C=O) groups is 1. The Morgan fingerprint density at radius 1 is 1.47 bits per heavy atom. The first-order valence-corrected chi connectivity index (χ1v) is 5.89. The largest absolute Gasteiger partial charge is 0.469 e. The number of aryl methyl sites for hydroxylation is 1. The third-order valence-corrected chi connectivity index (χ3v) is 3.62. The van der Waals surface area contributed by atoms with Crippen molar-refractivity contribution in [2.45, 2.75) is 26.8 Å². The Labute approximate surface area is 123 Å². The van der Waals surface area contributed by atoms with Crippen molar-refractivity contribution in [3.05, 3.63) is 34.1 Å². The van der Waals surface area contributed by atoms with Crippen molar-refractivity contribution in [3.8, 4) is 0 Å². The number of carbonyl (C=O) groups excluding carboxylic acids is 1. The Morgan fingerprint density at radius 2 is 2.00 bits per heavy atom. The van der Waals surface area contributed by atoms with Gasteiger partial charge in [0.1, 0.15) is 5.82 Å². The molecular weight excluding hydrogens is 292 g/mol. The predicted octanol–water partition coefficient (Wildman–Crippen LogP) is 3.41. The van der Waals surface area contributed by atoms with E-state index in [-0.39, 0.29) is 23.0 Å². The topological polar surface area (TPSA) is 52.3 Å². The van der Waals surface area contributed by atoms with E-state index in [0.29, 0.717) is 5.56 Å². The lowest BCUT2D eigenvalue weighted by molar-refractivity contribution is -0.152. The van der Waals surface area contributed by atoms with Crippen LogP contribution < -0.4 is 5.73 Å². The van der Waals surface area contributed by atoms with Crippen molar-refractivity contribution in [1.29, 1.82) is 0 Å². The highest BCUT2D eigenvalue weighted by Crippen LogP contribution is 2.38. The van der Waals surface area contributed by atoms with Crippen LogP contribution in [0.2, 0.25) is 5.02 Å². The maximum atomic E-state index is 13.9. The maximum Gasteiger partial charge on any atom is 0.313 e. The van der Waals surface area contributed by atoms with Gasteiger partial charge in [-0.05, 0) is 32.4 Å². The molecule has 0 bridgehead atoms. The van der Waals surface area contributed by atoms with Gasteiger partial charge in [0.15, 0.2) is 0 Å². The molecule has 1 aromatic rings. The zero-order valence-electron chi connectivity index (χ0n) is 11.3. The van der Waals surface area contributed by atoms with Crippen LogP contribution in [-0.4, -0.2) is 13.1 Å². The minimum absolute atomic E-state index is 0. The van der Waals surface area contributed by atoms with Crippen molar-refractivity contribution < 1.29 is 13.9 Å². The summed E-state index contributed by atoms with van der Waals surface area (Å²) in [6, 6.07) is 1.99. The molecule has 19 heavy (non-hydrogen) atoms. The van der Waals surface area contributed by atoms with Crippen LogP contribution in [0.25, 0.3) is 0 Å². The number of nitrogens with two attached hydrogens (primary N) is 1. The molecule has 108 valence electrons. The molecule has 1 atom stereocenters. The van der Waals surface area contributed by atoms with Gasteiger partial charge in [-0.3, -0.25) is 4.79 Å². The summed E-state index contributed by atoms with van der Waals surface area (Å²) in [4.78, 5) is 11.7. The minimum atomic E-state index is -1.06. The molecule has 0 fully saturated rings. The fourth-order valence-corrected chi connectivity index (χ4v) is 1.99. The van der Waals surface area contributed by atoms with E-state index in [4.69, 9.17) is 17.3 Å².